The van der Waals surface area contributed by atoms with Gasteiger partial charge in [-0.3, -0.25) is 4.79 Å². The van der Waals surface area contributed by atoms with E-state index in [2.05, 4.69) is 15.5 Å². The molecule has 0 radical (unpaired) electrons. The molecular formula is C20H21N3O3. The zero-order valence-electron chi connectivity index (χ0n) is 14.6. The molecule has 3 rings (SSSR count). The van der Waals surface area contributed by atoms with E-state index in [-0.39, 0.29) is 25.0 Å². The summed E-state index contributed by atoms with van der Waals surface area (Å²) >= 11 is 0. The zero-order chi connectivity index (χ0) is 18.2. The van der Waals surface area contributed by atoms with Crippen molar-refractivity contribution in [2.75, 3.05) is 0 Å². The molecule has 6 nitrogen and oxygen atoms in total. The first-order valence-corrected chi connectivity index (χ1v) is 8.58. The fourth-order valence-electron chi connectivity index (χ4n) is 2.63. The largest absolute Gasteiger partial charge is 0.484 e. The first kappa shape index (κ1) is 17.7. The number of carbonyl (C=O) groups excluding carboxylic acids is 1. The summed E-state index contributed by atoms with van der Waals surface area (Å²) < 4.78 is 10.7. The van der Waals surface area contributed by atoms with Gasteiger partial charge in [-0.2, -0.15) is 4.98 Å². The average Bonchev–Trinajstić information content (AvgIpc) is 3.15. The minimum Gasteiger partial charge on any atom is -0.484 e. The number of rotatable bonds is 8. The molecule has 3 aromatic rings. The van der Waals surface area contributed by atoms with Gasteiger partial charge in [0.15, 0.2) is 12.4 Å². The van der Waals surface area contributed by atoms with Gasteiger partial charge in [0.25, 0.3) is 5.89 Å². The van der Waals surface area contributed by atoms with Crippen molar-refractivity contribution in [3.8, 4) is 5.75 Å². The molecule has 134 valence electrons. The molecule has 1 heterocycles. The van der Waals surface area contributed by atoms with Crippen LogP contribution < -0.4 is 10.1 Å². The second-order valence-electron chi connectivity index (χ2n) is 5.80. The van der Waals surface area contributed by atoms with Crippen molar-refractivity contribution < 1.29 is 14.1 Å². The van der Waals surface area contributed by atoms with E-state index in [0.29, 0.717) is 11.7 Å². The van der Waals surface area contributed by atoms with Gasteiger partial charge in [0.05, 0.1) is 12.5 Å². The zero-order valence-corrected chi connectivity index (χ0v) is 14.6. The lowest BCUT2D eigenvalue weighted by Gasteiger charge is -2.14. The predicted molar refractivity (Wildman–Crippen MR) is 96.4 cm³/mol. The van der Waals surface area contributed by atoms with Crippen molar-refractivity contribution in [2.24, 2.45) is 0 Å². The molecule has 0 saturated carbocycles. The summed E-state index contributed by atoms with van der Waals surface area (Å²) in [5.74, 6) is 1.28. The second kappa shape index (κ2) is 8.80. The molecule has 0 aliphatic carbocycles. The van der Waals surface area contributed by atoms with Crippen molar-refractivity contribution in [3.63, 3.8) is 0 Å². The molecule has 1 atom stereocenters. The van der Waals surface area contributed by atoms with Gasteiger partial charge in [0, 0.05) is 0 Å². The quantitative estimate of drug-likeness (QED) is 0.672. The number of nitrogens with one attached hydrogen (secondary N) is 1. The summed E-state index contributed by atoms with van der Waals surface area (Å²) in [6.45, 7) is 2.40. The number of nitrogens with zero attached hydrogens (tertiary/aromatic N) is 2. The van der Waals surface area contributed by atoms with Gasteiger partial charge >= 0.3 is 0 Å². The Balaban J connectivity index is 1.51. The molecule has 2 aromatic carbocycles. The van der Waals surface area contributed by atoms with E-state index in [0.717, 1.165) is 17.7 Å². The normalized spacial score (nSPS) is 11.7. The van der Waals surface area contributed by atoms with E-state index in [9.17, 15) is 4.79 Å². The van der Waals surface area contributed by atoms with Gasteiger partial charge in [0.1, 0.15) is 5.75 Å². The monoisotopic (exact) mass is 351 g/mol. The fourth-order valence-corrected chi connectivity index (χ4v) is 2.63. The number of hydrogen-bond acceptors (Lipinski definition) is 5. The number of hydrogen-bond donors (Lipinski definition) is 1. The number of carbonyl (C=O) groups is 1. The van der Waals surface area contributed by atoms with Crippen LogP contribution in [0, 0.1) is 0 Å². The SMILES string of the molecule is CC[C@@H](C(=O)NCc1noc(COc2ccccc2)n1)c1ccccc1. The Hall–Kier alpha value is -3.15. The van der Waals surface area contributed by atoms with Crippen LogP contribution in [0.3, 0.4) is 0 Å². The molecule has 1 N–H and O–H groups in total. The molecule has 0 unspecified atom stereocenters. The molecule has 1 aromatic heterocycles. The Kier molecular flexibility index (Phi) is 5.98. The molecule has 6 heteroatoms. The molecule has 1 amide bonds. The second-order valence-corrected chi connectivity index (χ2v) is 5.80. The highest BCUT2D eigenvalue weighted by Gasteiger charge is 2.18. The van der Waals surface area contributed by atoms with Crippen molar-refractivity contribution in [3.05, 3.63) is 77.9 Å². The molecule has 0 spiro atoms. The van der Waals surface area contributed by atoms with E-state index >= 15 is 0 Å². The maximum atomic E-state index is 12.4. The lowest BCUT2D eigenvalue weighted by molar-refractivity contribution is -0.122. The third-order valence-electron chi connectivity index (χ3n) is 3.96. The first-order chi connectivity index (χ1) is 12.8. The van der Waals surface area contributed by atoms with Crippen LogP contribution in [0.1, 0.15) is 36.5 Å². The maximum Gasteiger partial charge on any atom is 0.264 e. The minimum atomic E-state index is -0.191. The Morgan fingerprint density at radius 2 is 1.81 bits per heavy atom. The Morgan fingerprint density at radius 1 is 1.12 bits per heavy atom. The Morgan fingerprint density at radius 3 is 2.50 bits per heavy atom. The van der Waals surface area contributed by atoms with Crippen LogP contribution in [0.15, 0.2) is 65.2 Å². The molecular weight excluding hydrogens is 330 g/mol. The fraction of sp³-hybridized carbons (Fsp3) is 0.250. The maximum absolute atomic E-state index is 12.4. The highest BCUT2D eigenvalue weighted by Crippen LogP contribution is 2.19. The first-order valence-electron chi connectivity index (χ1n) is 8.58. The van der Waals surface area contributed by atoms with Gasteiger partial charge in [-0.25, -0.2) is 0 Å². The number of amides is 1. The minimum absolute atomic E-state index is 0.0504. The summed E-state index contributed by atoms with van der Waals surface area (Å²) in [4.78, 5) is 16.7. The van der Waals surface area contributed by atoms with Gasteiger partial charge in [-0.05, 0) is 24.1 Å². The van der Waals surface area contributed by atoms with Crippen molar-refractivity contribution >= 4 is 5.91 Å². The van der Waals surface area contributed by atoms with Crippen LogP contribution in [0.5, 0.6) is 5.75 Å². The summed E-state index contributed by atoms with van der Waals surface area (Å²) in [5, 5.41) is 6.75. The summed E-state index contributed by atoms with van der Waals surface area (Å²) in [6.07, 6.45) is 0.720. The number of aromatic nitrogens is 2. The Labute approximate surface area is 152 Å². The predicted octanol–water partition coefficient (Wildman–Crippen LogP) is 3.46. The van der Waals surface area contributed by atoms with Gasteiger partial charge in [-0.15, -0.1) is 0 Å². The smallest absolute Gasteiger partial charge is 0.264 e. The highest BCUT2D eigenvalue weighted by atomic mass is 16.5. The lowest BCUT2D eigenvalue weighted by Crippen LogP contribution is -2.29. The third kappa shape index (κ3) is 4.69. The topological polar surface area (TPSA) is 77.2 Å². The lowest BCUT2D eigenvalue weighted by atomic mass is 9.96. The molecule has 0 saturated heterocycles. The van der Waals surface area contributed by atoms with Crippen molar-refractivity contribution in [2.45, 2.75) is 32.4 Å². The van der Waals surface area contributed by atoms with Crippen LogP contribution >= 0.6 is 0 Å². The molecule has 0 aliphatic heterocycles. The van der Waals surface area contributed by atoms with Crippen LogP contribution in [-0.4, -0.2) is 16.0 Å². The average molecular weight is 351 g/mol. The van der Waals surface area contributed by atoms with Gasteiger partial charge < -0.3 is 14.6 Å². The van der Waals surface area contributed by atoms with E-state index in [1.807, 2.05) is 67.6 Å². The van der Waals surface area contributed by atoms with Crippen LogP contribution in [0.2, 0.25) is 0 Å². The molecule has 26 heavy (non-hydrogen) atoms. The number of para-hydroxylation sites is 1. The third-order valence-corrected chi connectivity index (χ3v) is 3.96. The van der Waals surface area contributed by atoms with Crippen LogP contribution in [0.25, 0.3) is 0 Å². The summed E-state index contributed by atoms with van der Waals surface area (Å²) in [6, 6.07) is 19.1. The van der Waals surface area contributed by atoms with Crippen LogP contribution in [0.4, 0.5) is 0 Å². The van der Waals surface area contributed by atoms with Crippen molar-refractivity contribution in [1.82, 2.24) is 15.5 Å². The van der Waals surface area contributed by atoms with Gasteiger partial charge in [-0.1, -0.05) is 60.6 Å². The van der Waals surface area contributed by atoms with Gasteiger partial charge in [0.2, 0.25) is 5.91 Å². The van der Waals surface area contributed by atoms with E-state index in [4.69, 9.17) is 9.26 Å². The van der Waals surface area contributed by atoms with Crippen molar-refractivity contribution in [1.29, 1.82) is 0 Å². The number of ether oxygens (including phenoxy) is 1. The molecule has 0 aliphatic rings. The number of benzene rings is 2. The summed E-state index contributed by atoms with van der Waals surface area (Å²) in [5.41, 5.74) is 0.998. The van der Waals surface area contributed by atoms with Crippen LogP contribution in [-0.2, 0) is 17.9 Å². The summed E-state index contributed by atoms with van der Waals surface area (Å²) in [7, 11) is 0. The standard InChI is InChI=1S/C20H21N3O3/c1-2-17(15-9-5-3-6-10-15)20(24)21-13-18-22-19(26-23-18)14-25-16-11-7-4-8-12-16/h3-12,17H,2,13-14H2,1H3,(H,21,24)/t17-/m1/s1. The Bertz CT molecular complexity index is 819. The van der Waals surface area contributed by atoms with E-state index < -0.39 is 0 Å². The van der Waals surface area contributed by atoms with E-state index in [1.165, 1.54) is 0 Å². The highest BCUT2D eigenvalue weighted by molar-refractivity contribution is 5.83. The molecule has 0 fully saturated rings. The molecule has 0 bridgehead atoms. The van der Waals surface area contributed by atoms with E-state index in [1.54, 1.807) is 0 Å².